The molecule has 3 aliphatic carbocycles. The van der Waals surface area contributed by atoms with Crippen molar-refractivity contribution < 1.29 is 28.7 Å². The van der Waals surface area contributed by atoms with Crippen molar-refractivity contribution in [2.24, 2.45) is 17.8 Å². The van der Waals surface area contributed by atoms with Crippen molar-refractivity contribution in [3.05, 3.63) is 88.0 Å². The topological polar surface area (TPSA) is 131 Å². The van der Waals surface area contributed by atoms with E-state index in [1.807, 2.05) is 6.07 Å². The van der Waals surface area contributed by atoms with E-state index in [0.29, 0.717) is 24.2 Å². The van der Waals surface area contributed by atoms with Crippen molar-refractivity contribution in [3.8, 4) is 0 Å². The van der Waals surface area contributed by atoms with Crippen molar-refractivity contribution in [1.82, 2.24) is 16.0 Å². The fourth-order valence-electron chi connectivity index (χ4n) is 12.5. The first kappa shape index (κ1) is 38.8. The monoisotopic (exact) mass is 810 g/mol. The third-order valence-electron chi connectivity index (χ3n) is 14.9. The largest absolute Gasteiger partial charge is 0.374 e. The smallest absolute Gasteiger partial charge is 0.253 e. The SMILES string of the molecule is O=C1NCCN2C[C@@H]3CCC[C@@H]3c3cccc1c32.OC1NCCN2C[C@@H]3CCC[C@@H]3c3cccc1c32.OOOSOC1NCCN2C[C@@H]3CCC[C@@H]3c3cccc1c32. The summed E-state index contributed by atoms with van der Waals surface area (Å²) < 4.78 is 9.94. The molecule has 6 heterocycles. The lowest BCUT2D eigenvalue weighted by molar-refractivity contribution is -0.434. The predicted octanol–water partition coefficient (Wildman–Crippen LogP) is 7.11. The molecule has 12 rings (SSSR count). The van der Waals surface area contributed by atoms with Crippen LogP contribution in [0.1, 0.15) is 126 Å². The number of rotatable bonds is 4. The fraction of sp³-hybridized carbons (Fsp3) is 0.578. The van der Waals surface area contributed by atoms with Crippen molar-refractivity contribution >= 4 is 35.3 Å². The summed E-state index contributed by atoms with van der Waals surface area (Å²) in [4.78, 5) is 19.5. The summed E-state index contributed by atoms with van der Waals surface area (Å²) in [5.74, 6) is 4.66. The highest BCUT2D eigenvalue weighted by molar-refractivity contribution is 7.89. The Balaban J connectivity index is 0.000000106. The number of aliphatic hydroxyl groups is 1. The van der Waals surface area contributed by atoms with Crippen LogP contribution in [0.4, 0.5) is 17.1 Å². The first-order chi connectivity index (χ1) is 28.6. The number of aliphatic hydroxyl groups excluding tert-OH is 1. The normalized spacial score (nSPS) is 30.9. The lowest BCUT2D eigenvalue weighted by Gasteiger charge is -2.39. The zero-order valence-corrected chi connectivity index (χ0v) is 34.1. The molecule has 2 unspecified atom stereocenters. The number of benzene rings is 3. The van der Waals surface area contributed by atoms with E-state index in [4.69, 9.17) is 9.44 Å². The van der Waals surface area contributed by atoms with Gasteiger partial charge in [0.05, 0.1) is 11.3 Å². The minimum atomic E-state index is -0.497. The molecule has 13 heteroatoms. The van der Waals surface area contributed by atoms with Crippen LogP contribution in [-0.2, 0) is 13.6 Å². The number of fused-ring (bicyclic) bond motifs is 6. The van der Waals surface area contributed by atoms with E-state index in [9.17, 15) is 9.90 Å². The molecule has 5 N–H and O–H groups in total. The number of nitrogens with one attached hydrogen (secondary N) is 3. The van der Waals surface area contributed by atoms with Crippen molar-refractivity contribution in [2.75, 3.05) is 73.6 Å². The molecule has 3 fully saturated rings. The van der Waals surface area contributed by atoms with Gasteiger partial charge in [-0.25, -0.2) is 5.26 Å². The third kappa shape index (κ3) is 7.19. The van der Waals surface area contributed by atoms with E-state index >= 15 is 0 Å². The van der Waals surface area contributed by atoms with Crippen LogP contribution < -0.4 is 30.7 Å². The number of para-hydroxylation sites is 3. The van der Waals surface area contributed by atoms with Crippen LogP contribution in [0.5, 0.6) is 0 Å². The molecule has 3 aromatic rings. The number of anilines is 3. The zero-order valence-electron chi connectivity index (χ0n) is 33.3. The van der Waals surface area contributed by atoms with E-state index in [-0.39, 0.29) is 12.1 Å². The van der Waals surface area contributed by atoms with Gasteiger partial charge in [-0.2, -0.15) is 0 Å². The van der Waals surface area contributed by atoms with Crippen LogP contribution in [0.25, 0.3) is 0 Å². The Morgan fingerprint density at radius 3 is 1.72 bits per heavy atom. The lowest BCUT2D eigenvalue weighted by atomic mass is 9.82. The second-order valence-electron chi connectivity index (χ2n) is 17.8. The van der Waals surface area contributed by atoms with Gasteiger partial charge in [0.2, 0.25) is 0 Å². The molecule has 58 heavy (non-hydrogen) atoms. The predicted molar refractivity (Wildman–Crippen MR) is 226 cm³/mol. The number of carbonyl (C=O) groups excluding carboxylic acids is 1. The highest BCUT2D eigenvalue weighted by Gasteiger charge is 2.42. The Morgan fingerprint density at radius 2 is 1.10 bits per heavy atom. The molecule has 8 atom stereocenters. The number of hydrogen-bond acceptors (Lipinski definition) is 12. The van der Waals surface area contributed by atoms with Crippen LogP contribution in [-0.4, -0.2) is 75.2 Å². The van der Waals surface area contributed by atoms with E-state index in [0.717, 1.165) is 92.7 Å². The van der Waals surface area contributed by atoms with E-state index in [1.165, 1.54) is 98.1 Å². The van der Waals surface area contributed by atoms with Gasteiger partial charge in [-0.3, -0.25) is 19.6 Å². The molecular weight excluding hydrogens is 753 g/mol. The van der Waals surface area contributed by atoms with Gasteiger partial charge in [0.15, 0.2) is 18.6 Å². The zero-order chi connectivity index (χ0) is 39.2. The summed E-state index contributed by atoms with van der Waals surface area (Å²) in [5.41, 5.74) is 11.4. The van der Waals surface area contributed by atoms with Gasteiger partial charge in [0.1, 0.15) is 6.23 Å². The lowest BCUT2D eigenvalue weighted by Crippen LogP contribution is -2.38. The van der Waals surface area contributed by atoms with Crippen LogP contribution in [0.3, 0.4) is 0 Å². The molecule has 0 saturated heterocycles. The van der Waals surface area contributed by atoms with Crippen LogP contribution in [0.15, 0.2) is 54.6 Å². The van der Waals surface area contributed by atoms with Gasteiger partial charge in [0, 0.05) is 81.4 Å². The minimum absolute atomic E-state index is 0.103. The highest BCUT2D eigenvalue weighted by Crippen LogP contribution is 2.52. The van der Waals surface area contributed by atoms with E-state index < -0.39 is 6.23 Å². The van der Waals surface area contributed by atoms with Gasteiger partial charge in [-0.05, 0) is 96.8 Å². The Hall–Kier alpha value is -3.40. The van der Waals surface area contributed by atoms with Crippen LogP contribution in [0, 0.1) is 17.8 Å². The van der Waals surface area contributed by atoms with Crippen LogP contribution >= 0.6 is 12.3 Å². The maximum Gasteiger partial charge on any atom is 0.253 e. The molecule has 0 bridgehead atoms. The first-order valence-electron chi connectivity index (χ1n) is 21.9. The molecule has 6 aliphatic heterocycles. The first-order valence-corrected chi connectivity index (χ1v) is 22.6. The van der Waals surface area contributed by atoms with Crippen molar-refractivity contribution in [3.63, 3.8) is 0 Å². The molecule has 0 aromatic heterocycles. The Morgan fingerprint density at radius 1 is 0.603 bits per heavy atom. The van der Waals surface area contributed by atoms with Gasteiger partial charge in [-0.1, -0.05) is 72.8 Å². The van der Waals surface area contributed by atoms with Gasteiger partial charge >= 0.3 is 0 Å². The van der Waals surface area contributed by atoms with Crippen molar-refractivity contribution in [1.29, 1.82) is 0 Å². The standard InChI is InChI=1S/C15H20N2O4S.C15H20N2O.C15H18N2O/c18-20-21-22-19-15-13-6-2-5-12-11-4-1-3-10(11)9-17(14(12)13)8-7-16-15;2*18-15-13-6-2-5-12-11-4-1-3-10(11)9-17(14(12)13)8-7-16-15/h2,5-6,10-11,15-16,18H,1,3-4,7-9H2;2,5-6,10-11,15-16,18H,1,3-4,7-9H2;2,5-6,10-11H,1,3-4,7-9H2,(H,16,18)/t2*10-,11-,15?;10-,11-/m000/s1. The molecule has 0 spiro atoms. The molecule has 12 nitrogen and oxygen atoms in total. The molecule has 0 radical (unpaired) electrons. The molecule has 3 aromatic carbocycles. The number of hydrogen-bond donors (Lipinski definition) is 5. The highest BCUT2D eigenvalue weighted by atomic mass is 32.2. The summed E-state index contributed by atoms with van der Waals surface area (Å²) in [6.45, 7) is 8.91. The third-order valence-corrected chi connectivity index (χ3v) is 15.3. The van der Waals surface area contributed by atoms with Gasteiger partial charge in [-0.15, -0.1) is 4.33 Å². The van der Waals surface area contributed by atoms with Gasteiger partial charge < -0.3 is 25.1 Å². The Kier molecular flexibility index (Phi) is 11.3. The summed E-state index contributed by atoms with van der Waals surface area (Å²) in [6, 6.07) is 19.2. The minimum Gasteiger partial charge on any atom is -0.374 e. The molecule has 9 aliphatic rings. The maximum absolute atomic E-state index is 12.1. The average Bonchev–Trinajstić information content (AvgIpc) is 3.98. The van der Waals surface area contributed by atoms with Crippen molar-refractivity contribution in [2.45, 2.75) is 88.0 Å². The Bertz CT molecular complexity index is 1970. The second-order valence-corrected chi connectivity index (χ2v) is 18.3. The average molecular weight is 811 g/mol. The second kappa shape index (κ2) is 16.9. The molecule has 3 saturated carbocycles. The number of carbonyl (C=O) groups is 1. The van der Waals surface area contributed by atoms with E-state index in [2.05, 4.69) is 88.6 Å². The van der Waals surface area contributed by atoms with Gasteiger partial charge in [0.25, 0.3) is 5.91 Å². The summed E-state index contributed by atoms with van der Waals surface area (Å²) in [6.07, 6.45) is 11.3. The summed E-state index contributed by atoms with van der Waals surface area (Å²) in [7, 11) is 0. The molecule has 1 amide bonds. The molecule has 310 valence electrons. The maximum atomic E-state index is 12.1. The Labute approximate surface area is 346 Å². The summed E-state index contributed by atoms with van der Waals surface area (Å²) in [5, 5.41) is 31.6. The number of amides is 1. The van der Waals surface area contributed by atoms with E-state index in [1.54, 1.807) is 0 Å². The van der Waals surface area contributed by atoms with Crippen LogP contribution in [0.2, 0.25) is 0 Å². The quantitative estimate of drug-likeness (QED) is 0.0797. The number of nitrogens with zero attached hydrogens (tertiary/aromatic N) is 3. The fourth-order valence-corrected chi connectivity index (χ4v) is 12.8. The molecular formula is C45H58N6O6S. The summed E-state index contributed by atoms with van der Waals surface area (Å²) >= 11 is 0.632.